The molecule has 2 fully saturated rings. The first-order chi connectivity index (χ1) is 7.89. The van der Waals surface area contributed by atoms with E-state index in [0.29, 0.717) is 6.04 Å². The van der Waals surface area contributed by atoms with Gasteiger partial charge in [-0.3, -0.25) is 0 Å². The Hall–Kier alpha value is -0.120. The number of nitrogens with one attached hydrogen (secondary N) is 1. The van der Waals surface area contributed by atoms with Crippen LogP contribution in [0.25, 0.3) is 0 Å². The second-order valence-electron chi connectivity index (χ2n) is 6.69. The Morgan fingerprint density at radius 3 is 2.53 bits per heavy atom. The van der Waals surface area contributed by atoms with Gasteiger partial charge >= 0.3 is 0 Å². The minimum absolute atomic E-state index is 0.0115. The van der Waals surface area contributed by atoms with E-state index in [2.05, 4.69) is 33.0 Å². The summed E-state index contributed by atoms with van der Waals surface area (Å²) in [7, 11) is 0. The molecule has 0 amide bonds. The SMILES string of the molecule is CC1(C)CC(NCCC2CCOC2)C(C)(C)O1. The van der Waals surface area contributed by atoms with E-state index in [0.717, 1.165) is 32.1 Å². The van der Waals surface area contributed by atoms with Crippen molar-refractivity contribution in [2.75, 3.05) is 19.8 Å². The van der Waals surface area contributed by atoms with E-state index >= 15 is 0 Å². The molecule has 2 atom stereocenters. The van der Waals surface area contributed by atoms with Crippen molar-refractivity contribution in [3.63, 3.8) is 0 Å². The standard InChI is InChI=1S/C14H27NO2/c1-13(2)9-12(14(3,4)17-13)15-7-5-11-6-8-16-10-11/h11-12,15H,5-10H2,1-4H3. The van der Waals surface area contributed by atoms with Crippen molar-refractivity contribution in [2.24, 2.45) is 5.92 Å². The highest BCUT2D eigenvalue weighted by molar-refractivity contribution is 4.98. The summed E-state index contributed by atoms with van der Waals surface area (Å²) < 4.78 is 11.5. The Balaban J connectivity index is 1.75. The summed E-state index contributed by atoms with van der Waals surface area (Å²) in [5, 5.41) is 3.67. The Kier molecular flexibility index (Phi) is 3.81. The average molecular weight is 241 g/mol. The Bertz CT molecular complexity index is 257. The van der Waals surface area contributed by atoms with Crippen LogP contribution >= 0.6 is 0 Å². The van der Waals surface area contributed by atoms with Crippen LogP contribution in [0.3, 0.4) is 0 Å². The lowest BCUT2D eigenvalue weighted by Crippen LogP contribution is -2.44. The van der Waals surface area contributed by atoms with Crippen LogP contribution in [-0.4, -0.2) is 37.0 Å². The first-order valence-electron chi connectivity index (χ1n) is 6.90. The highest BCUT2D eigenvalue weighted by Crippen LogP contribution is 2.37. The molecule has 2 rings (SSSR count). The molecule has 1 N–H and O–H groups in total. The zero-order chi connectivity index (χ0) is 12.5. The largest absolute Gasteiger partial charge is 0.381 e. The molecular weight excluding hydrogens is 214 g/mol. The number of rotatable bonds is 4. The van der Waals surface area contributed by atoms with E-state index < -0.39 is 0 Å². The predicted molar refractivity (Wildman–Crippen MR) is 69.2 cm³/mol. The first kappa shape index (κ1) is 13.3. The summed E-state index contributed by atoms with van der Waals surface area (Å²) >= 11 is 0. The van der Waals surface area contributed by atoms with Gasteiger partial charge in [0.05, 0.1) is 11.2 Å². The number of ether oxygens (including phenoxy) is 2. The monoisotopic (exact) mass is 241 g/mol. The van der Waals surface area contributed by atoms with Crippen molar-refractivity contribution in [3.8, 4) is 0 Å². The lowest BCUT2D eigenvalue weighted by molar-refractivity contribution is -0.0698. The van der Waals surface area contributed by atoms with E-state index in [4.69, 9.17) is 9.47 Å². The third-order valence-corrected chi connectivity index (χ3v) is 4.04. The van der Waals surface area contributed by atoms with Crippen LogP contribution in [0.15, 0.2) is 0 Å². The van der Waals surface area contributed by atoms with E-state index in [9.17, 15) is 0 Å². The normalized spacial score (nSPS) is 35.3. The summed E-state index contributed by atoms with van der Waals surface area (Å²) in [5.74, 6) is 0.765. The second-order valence-corrected chi connectivity index (χ2v) is 6.69. The molecule has 2 heterocycles. The van der Waals surface area contributed by atoms with Crippen molar-refractivity contribution in [1.29, 1.82) is 0 Å². The Morgan fingerprint density at radius 1 is 1.24 bits per heavy atom. The lowest BCUT2D eigenvalue weighted by Gasteiger charge is -2.28. The van der Waals surface area contributed by atoms with Crippen molar-refractivity contribution < 1.29 is 9.47 Å². The maximum Gasteiger partial charge on any atom is 0.0787 e. The van der Waals surface area contributed by atoms with Crippen LogP contribution in [-0.2, 0) is 9.47 Å². The topological polar surface area (TPSA) is 30.5 Å². The van der Waals surface area contributed by atoms with Gasteiger partial charge in [-0.1, -0.05) is 0 Å². The van der Waals surface area contributed by atoms with Crippen LogP contribution in [0.4, 0.5) is 0 Å². The molecule has 17 heavy (non-hydrogen) atoms. The van der Waals surface area contributed by atoms with Crippen molar-refractivity contribution in [2.45, 2.75) is 64.2 Å². The fraction of sp³-hybridized carbons (Fsp3) is 1.00. The van der Waals surface area contributed by atoms with Gasteiger partial charge in [0, 0.05) is 19.3 Å². The molecule has 0 aromatic carbocycles. The predicted octanol–water partition coefficient (Wildman–Crippen LogP) is 2.35. The zero-order valence-corrected chi connectivity index (χ0v) is 11.7. The van der Waals surface area contributed by atoms with Crippen LogP contribution in [0.1, 0.15) is 47.0 Å². The molecule has 2 aliphatic heterocycles. The molecule has 100 valence electrons. The van der Waals surface area contributed by atoms with Gasteiger partial charge in [-0.15, -0.1) is 0 Å². The summed E-state index contributed by atoms with van der Waals surface area (Å²) in [4.78, 5) is 0. The minimum Gasteiger partial charge on any atom is -0.381 e. The molecule has 0 saturated carbocycles. The maximum absolute atomic E-state index is 6.08. The van der Waals surface area contributed by atoms with Crippen LogP contribution in [0.2, 0.25) is 0 Å². The Labute approximate surface area is 105 Å². The average Bonchev–Trinajstić information content (AvgIpc) is 2.72. The van der Waals surface area contributed by atoms with E-state index in [1.165, 1.54) is 12.8 Å². The van der Waals surface area contributed by atoms with E-state index in [-0.39, 0.29) is 11.2 Å². The fourth-order valence-electron chi connectivity index (χ4n) is 3.15. The van der Waals surface area contributed by atoms with Gasteiger partial charge in [-0.25, -0.2) is 0 Å². The molecule has 3 heteroatoms. The number of hydrogen-bond acceptors (Lipinski definition) is 3. The molecule has 2 aliphatic rings. The molecule has 2 unspecified atom stereocenters. The summed E-state index contributed by atoms with van der Waals surface area (Å²) in [6.45, 7) is 11.7. The van der Waals surface area contributed by atoms with Crippen molar-refractivity contribution in [3.05, 3.63) is 0 Å². The highest BCUT2D eigenvalue weighted by atomic mass is 16.5. The third-order valence-electron chi connectivity index (χ3n) is 4.04. The van der Waals surface area contributed by atoms with E-state index in [1.807, 2.05) is 0 Å². The van der Waals surface area contributed by atoms with Crippen LogP contribution < -0.4 is 5.32 Å². The van der Waals surface area contributed by atoms with Gasteiger partial charge in [0.25, 0.3) is 0 Å². The molecule has 0 aromatic heterocycles. The quantitative estimate of drug-likeness (QED) is 0.819. The molecule has 3 nitrogen and oxygen atoms in total. The molecule has 0 radical (unpaired) electrons. The highest BCUT2D eigenvalue weighted by Gasteiger charge is 2.45. The Morgan fingerprint density at radius 2 is 2.00 bits per heavy atom. The molecular formula is C14H27NO2. The summed E-state index contributed by atoms with van der Waals surface area (Å²) in [6.07, 6.45) is 3.56. The number of hydrogen-bond donors (Lipinski definition) is 1. The van der Waals surface area contributed by atoms with E-state index in [1.54, 1.807) is 0 Å². The van der Waals surface area contributed by atoms with Crippen LogP contribution in [0.5, 0.6) is 0 Å². The third kappa shape index (κ3) is 3.43. The second kappa shape index (κ2) is 4.87. The van der Waals surface area contributed by atoms with Crippen LogP contribution in [0, 0.1) is 5.92 Å². The van der Waals surface area contributed by atoms with Gasteiger partial charge < -0.3 is 14.8 Å². The van der Waals surface area contributed by atoms with Gasteiger partial charge in [-0.05, 0) is 59.4 Å². The summed E-state index contributed by atoms with van der Waals surface area (Å²) in [6, 6.07) is 0.472. The molecule has 0 aromatic rings. The van der Waals surface area contributed by atoms with Crippen molar-refractivity contribution in [1.82, 2.24) is 5.32 Å². The first-order valence-corrected chi connectivity index (χ1v) is 6.90. The minimum atomic E-state index is -0.0460. The molecule has 0 bridgehead atoms. The summed E-state index contributed by atoms with van der Waals surface area (Å²) in [5.41, 5.74) is -0.0344. The molecule has 2 saturated heterocycles. The van der Waals surface area contributed by atoms with Gasteiger partial charge in [0.1, 0.15) is 0 Å². The van der Waals surface area contributed by atoms with Crippen molar-refractivity contribution >= 4 is 0 Å². The maximum atomic E-state index is 6.08. The molecule has 0 aliphatic carbocycles. The fourth-order valence-corrected chi connectivity index (χ4v) is 3.15. The van der Waals surface area contributed by atoms with Gasteiger partial charge in [-0.2, -0.15) is 0 Å². The smallest absolute Gasteiger partial charge is 0.0787 e. The lowest BCUT2D eigenvalue weighted by atomic mass is 9.94. The van der Waals surface area contributed by atoms with Gasteiger partial charge in [0.15, 0.2) is 0 Å². The van der Waals surface area contributed by atoms with Gasteiger partial charge in [0.2, 0.25) is 0 Å². The molecule has 0 spiro atoms. The zero-order valence-electron chi connectivity index (χ0n) is 11.7.